The predicted octanol–water partition coefficient (Wildman–Crippen LogP) is 0.0574. The molecule has 0 radical (unpaired) electrons. The summed E-state index contributed by atoms with van der Waals surface area (Å²) in [5.41, 5.74) is 4.86. The molecule has 1 unspecified atom stereocenters. The van der Waals surface area contributed by atoms with Crippen LogP contribution < -0.4 is 5.73 Å². The van der Waals surface area contributed by atoms with E-state index < -0.39 is 5.54 Å². The van der Waals surface area contributed by atoms with Crippen molar-refractivity contribution in [3.05, 3.63) is 0 Å². The fourth-order valence-corrected chi connectivity index (χ4v) is 1.08. The van der Waals surface area contributed by atoms with Crippen LogP contribution in [-0.4, -0.2) is 31.3 Å². The quantitative estimate of drug-likeness (QED) is 0.613. The van der Waals surface area contributed by atoms with Crippen LogP contribution in [0.5, 0.6) is 0 Å². The molecule has 4 heteroatoms. The van der Waals surface area contributed by atoms with E-state index in [1.54, 1.807) is 0 Å². The topological polar surface area (TPSA) is 61.5 Å². The molecule has 12 heavy (non-hydrogen) atoms. The summed E-state index contributed by atoms with van der Waals surface area (Å²) in [5, 5.41) is 0. The van der Waals surface area contributed by atoms with Crippen LogP contribution in [0.1, 0.15) is 19.8 Å². The summed E-state index contributed by atoms with van der Waals surface area (Å²) in [6, 6.07) is 0. The summed E-state index contributed by atoms with van der Waals surface area (Å²) >= 11 is 0. The van der Waals surface area contributed by atoms with Crippen LogP contribution in [0.2, 0.25) is 0 Å². The van der Waals surface area contributed by atoms with Gasteiger partial charge < -0.3 is 15.2 Å². The van der Waals surface area contributed by atoms with Gasteiger partial charge in [0.1, 0.15) is 5.54 Å². The Morgan fingerprint density at radius 1 is 1.75 bits per heavy atom. The van der Waals surface area contributed by atoms with Gasteiger partial charge in [-0.15, -0.1) is 0 Å². The first-order valence-corrected chi connectivity index (χ1v) is 4.23. The first-order valence-electron chi connectivity index (χ1n) is 4.23. The van der Waals surface area contributed by atoms with Crippen molar-refractivity contribution in [3.8, 4) is 0 Å². The first-order chi connectivity index (χ1) is 5.69. The minimum atomic E-state index is -0.880. The number of rotatable bonds is 3. The zero-order valence-corrected chi connectivity index (χ0v) is 7.34. The van der Waals surface area contributed by atoms with Gasteiger partial charge in [0, 0.05) is 13.0 Å². The van der Waals surface area contributed by atoms with Crippen molar-refractivity contribution in [1.29, 1.82) is 0 Å². The Hall–Kier alpha value is -0.610. The van der Waals surface area contributed by atoms with Gasteiger partial charge in [-0.05, 0) is 6.42 Å². The smallest absolute Gasteiger partial charge is 0.328 e. The monoisotopic (exact) mass is 173 g/mol. The Bertz CT molecular complexity index is 164. The Morgan fingerprint density at radius 3 is 3.00 bits per heavy atom. The normalized spacial score (nSPS) is 28.8. The molecule has 1 aliphatic rings. The van der Waals surface area contributed by atoms with Crippen molar-refractivity contribution < 1.29 is 14.3 Å². The summed E-state index contributed by atoms with van der Waals surface area (Å²) in [6.07, 6.45) is 1.39. The van der Waals surface area contributed by atoms with Crippen LogP contribution in [0, 0.1) is 0 Å². The van der Waals surface area contributed by atoms with Gasteiger partial charge in [0.2, 0.25) is 0 Å². The molecule has 1 fully saturated rings. The number of hydrogen-bond acceptors (Lipinski definition) is 4. The highest BCUT2D eigenvalue weighted by Crippen LogP contribution is 2.16. The maximum absolute atomic E-state index is 11.3. The number of ether oxygens (including phenoxy) is 2. The highest BCUT2D eigenvalue weighted by Gasteiger charge is 2.39. The summed E-state index contributed by atoms with van der Waals surface area (Å²) in [5.74, 6) is -0.332. The van der Waals surface area contributed by atoms with E-state index in [9.17, 15) is 4.79 Å². The van der Waals surface area contributed by atoms with Crippen LogP contribution in [0.25, 0.3) is 0 Å². The molecular weight excluding hydrogens is 158 g/mol. The van der Waals surface area contributed by atoms with Crippen molar-refractivity contribution in [1.82, 2.24) is 0 Å². The molecule has 0 aromatic rings. The fourth-order valence-electron chi connectivity index (χ4n) is 1.08. The van der Waals surface area contributed by atoms with Gasteiger partial charge in [0.15, 0.2) is 0 Å². The zero-order valence-electron chi connectivity index (χ0n) is 7.34. The van der Waals surface area contributed by atoms with Gasteiger partial charge in [-0.3, -0.25) is 0 Å². The molecule has 70 valence electrons. The van der Waals surface area contributed by atoms with Crippen LogP contribution in [0.4, 0.5) is 0 Å². The third-order valence-corrected chi connectivity index (χ3v) is 1.90. The molecule has 1 aliphatic heterocycles. The van der Waals surface area contributed by atoms with Crippen LogP contribution in [0.15, 0.2) is 0 Å². The number of carbonyl (C=O) groups is 1. The second-order valence-electron chi connectivity index (χ2n) is 3.09. The summed E-state index contributed by atoms with van der Waals surface area (Å²) in [4.78, 5) is 11.3. The van der Waals surface area contributed by atoms with Gasteiger partial charge >= 0.3 is 5.97 Å². The van der Waals surface area contributed by atoms with Crippen molar-refractivity contribution in [2.24, 2.45) is 5.73 Å². The van der Waals surface area contributed by atoms with Crippen LogP contribution in [-0.2, 0) is 14.3 Å². The maximum Gasteiger partial charge on any atom is 0.328 e. The molecule has 1 rings (SSSR count). The van der Waals surface area contributed by atoms with Gasteiger partial charge in [0.05, 0.1) is 13.2 Å². The van der Waals surface area contributed by atoms with Gasteiger partial charge in [0.25, 0.3) is 0 Å². The van der Waals surface area contributed by atoms with E-state index >= 15 is 0 Å². The molecule has 0 amide bonds. The number of hydrogen-bond donors (Lipinski definition) is 1. The minimum absolute atomic E-state index is 0.287. The van der Waals surface area contributed by atoms with E-state index in [-0.39, 0.29) is 12.6 Å². The molecule has 0 spiro atoms. The number of esters is 1. The lowest BCUT2D eigenvalue weighted by atomic mass is 10.0. The lowest BCUT2D eigenvalue weighted by Crippen LogP contribution is -2.49. The molecular formula is C8H15NO3. The molecule has 0 aromatic heterocycles. The fraction of sp³-hybridized carbons (Fsp3) is 0.875. The molecule has 0 saturated carbocycles. The zero-order chi connectivity index (χ0) is 9.03. The highest BCUT2D eigenvalue weighted by atomic mass is 16.5. The predicted molar refractivity (Wildman–Crippen MR) is 43.6 cm³/mol. The van der Waals surface area contributed by atoms with E-state index in [1.807, 2.05) is 6.92 Å². The van der Waals surface area contributed by atoms with Gasteiger partial charge in [-0.2, -0.15) is 0 Å². The van der Waals surface area contributed by atoms with E-state index in [2.05, 4.69) is 0 Å². The van der Waals surface area contributed by atoms with Crippen LogP contribution in [0.3, 0.4) is 0 Å². The molecule has 4 nitrogen and oxygen atoms in total. The molecule has 1 saturated heterocycles. The second-order valence-corrected chi connectivity index (χ2v) is 3.09. The largest absolute Gasteiger partial charge is 0.464 e. The van der Waals surface area contributed by atoms with Crippen LogP contribution >= 0.6 is 0 Å². The summed E-state index contributed by atoms with van der Waals surface area (Å²) in [6.45, 7) is 3.23. The molecule has 0 bridgehead atoms. The van der Waals surface area contributed by atoms with Crippen molar-refractivity contribution in [2.45, 2.75) is 25.3 Å². The minimum Gasteiger partial charge on any atom is -0.464 e. The Balaban J connectivity index is 2.39. The Labute approximate surface area is 72.0 Å². The second kappa shape index (κ2) is 3.87. The molecule has 0 aliphatic carbocycles. The van der Waals surface area contributed by atoms with E-state index in [0.717, 1.165) is 6.42 Å². The average Bonchev–Trinajstić information content (AvgIpc) is 2.49. The summed E-state index contributed by atoms with van der Waals surface area (Å²) in [7, 11) is 0. The van der Waals surface area contributed by atoms with Gasteiger partial charge in [-0.25, -0.2) is 4.79 Å². The highest BCUT2D eigenvalue weighted by molar-refractivity contribution is 5.81. The average molecular weight is 173 g/mol. The molecule has 2 N–H and O–H groups in total. The van der Waals surface area contributed by atoms with E-state index in [0.29, 0.717) is 19.6 Å². The third kappa shape index (κ3) is 1.95. The van der Waals surface area contributed by atoms with Gasteiger partial charge in [-0.1, -0.05) is 6.92 Å². The maximum atomic E-state index is 11.3. The van der Waals surface area contributed by atoms with Crippen molar-refractivity contribution in [2.75, 3.05) is 19.8 Å². The lowest BCUT2D eigenvalue weighted by Gasteiger charge is -2.18. The lowest BCUT2D eigenvalue weighted by molar-refractivity contribution is -0.150. The van der Waals surface area contributed by atoms with E-state index in [4.69, 9.17) is 15.2 Å². The Morgan fingerprint density at radius 2 is 2.50 bits per heavy atom. The Kier molecular flexibility index (Phi) is 3.05. The van der Waals surface area contributed by atoms with Crippen molar-refractivity contribution in [3.63, 3.8) is 0 Å². The number of carbonyl (C=O) groups excluding carboxylic acids is 1. The number of nitrogens with two attached hydrogens (primary N) is 1. The standard InChI is InChI=1S/C8H15NO3/c1-2-4-12-7(10)8(9)3-5-11-6-8/h2-6,9H2,1H3. The van der Waals surface area contributed by atoms with E-state index in [1.165, 1.54) is 0 Å². The third-order valence-electron chi connectivity index (χ3n) is 1.90. The first kappa shape index (κ1) is 9.48. The summed E-state index contributed by atoms with van der Waals surface area (Å²) < 4.78 is 9.97. The molecule has 0 aromatic carbocycles. The SMILES string of the molecule is CCCOC(=O)C1(N)CCOC1. The van der Waals surface area contributed by atoms with Crippen molar-refractivity contribution >= 4 is 5.97 Å². The molecule has 1 atom stereocenters. The molecule has 1 heterocycles.